The summed E-state index contributed by atoms with van der Waals surface area (Å²) in [6, 6.07) is 12.8. The first kappa shape index (κ1) is 19.0. The molecule has 6 nitrogen and oxygen atoms in total. The van der Waals surface area contributed by atoms with E-state index in [1.807, 2.05) is 12.1 Å². The third-order valence-corrected chi connectivity index (χ3v) is 5.80. The Morgan fingerprint density at radius 3 is 2.20 bits per heavy atom. The van der Waals surface area contributed by atoms with Crippen LogP contribution in [0.5, 0.6) is 0 Å². The van der Waals surface area contributed by atoms with Crippen molar-refractivity contribution < 1.29 is 18.4 Å². The Kier molecular flexibility index (Phi) is 6.17. The Morgan fingerprint density at radius 2 is 1.68 bits per heavy atom. The lowest BCUT2D eigenvalue weighted by Crippen LogP contribution is -2.26. The number of anilines is 1. The van der Waals surface area contributed by atoms with Crippen LogP contribution in [0.2, 0.25) is 0 Å². The first-order valence-electron chi connectivity index (χ1n) is 8.02. The minimum atomic E-state index is -3.68. The molecular formula is C18H22N2O4S. The van der Waals surface area contributed by atoms with Crippen LogP contribution in [0, 0.1) is 0 Å². The summed E-state index contributed by atoms with van der Waals surface area (Å²) in [5, 5.41) is 8.62. The molecule has 2 aromatic rings. The lowest BCUT2D eigenvalue weighted by molar-refractivity contribution is 0.0706. The van der Waals surface area contributed by atoms with Gasteiger partial charge in [-0.15, -0.1) is 0 Å². The van der Waals surface area contributed by atoms with E-state index in [-0.39, 0.29) is 10.5 Å². The van der Waals surface area contributed by atoms with Gasteiger partial charge in [0.25, 0.3) is 15.9 Å². The molecule has 1 amide bonds. The number of aryl methyl sites for hydroxylation is 1. The predicted molar refractivity (Wildman–Crippen MR) is 96.3 cm³/mol. The molecule has 0 aliphatic heterocycles. The van der Waals surface area contributed by atoms with Crippen molar-refractivity contribution in [2.75, 3.05) is 11.4 Å². The molecule has 0 spiro atoms. The van der Waals surface area contributed by atoms with Crippen molar-refractivity contribution >= 4 is 21.6 Å². The second-order valence-corrected chi connectivity index (χ2v) is 7.68. The number of hydrogen-bond acceptors (Lipinski definition) is 4. The molecule has 2 aromatic carbocycles. The largest absolute Gasteiger partial charge is 0.288 e. The van der Waals surface area contributed by atoms with Crippen molar-refractivity contribution in [3.63, 3.8) is 0 Å². The molecule has 25 heavy (non-hydrogen) atoms. The standard InChI is InChI=1S/C18H22N2O4S/c1-3-4-5-14-6-12-17(13-7-14)25(23,24)20(2)16-10-8-15(9-11-16)18(21)19-22/h6-13,22H,3-5H2,1-2H3,(H,19,21). The zero-order valence-electron chi connectivity index (χ0n) is 14.3. The highest BCUT2D eigenvalue weighted by atomic mass is 32.2. The Morgan fingerprint density at radius 1 is 1.08 bits per heavy atom. The van der Waals surface area contributed by atoms with Crippen molar-refractivity contribution in [1.82, 2.24) is 5.48 Å². The molecule has 0 unspecified atom stereocenters. The highest BCUT2D eigenvalue weighted by Gasteiger charge is 2.21. The Hall–Kier alpha value is -2.38. The summed E-state index contributed by atoms with van der Waals surface area (Å²) in [6.45, 7) is 2.11. The average Bonchev–Trinajstić information content (AvgIpc) is 2.65. The highest BCUT2D eigenvalue weighted by molar-refractivity contribution is 7.92. The minimum absolute atomic E-state index is 0.215. The molecule has 0 heterocycles. The van der Waals surface area contributed by atoms with Crippen LogP contribution >= 0.6 is 0 Å². The molecule has 0 fully saturated rings. The fraction of sp³-hybridized carbons (Fsp3) is 0.278. The number of unbranched alkanes of at least 4 members (excludes halogenated alkanes) is 1. The number of nitrogens with one attached hydrogen (secondary N) is 1. The summed E-state index contributed by atoms with van der Waals surface area (Å²) in [5.74, 6) is -0.653. The van der Waals surface area contributed by atoms with Crippen LogP contribution in [0.3, 0.4) is 0 Å². The van der Waals surface area contributed by atoms with Gasteiger partial charge >= 0.3 is 0 Å². The number of benzene rings is 2. The van der Waals surface area contributed by atoms with E-state index in [4.69, 9.17) is 5.21 Å². The van der Waals surface area contributed by atoms with Crippen LogP contribution in [0.25, 0.3) is 0 Å². The van der Waals surface area contributed by atoms with Gasteiger partial charge in [0.1, 0.15) is 0 Å². The molecule has 0 aliphatic carbocycles. The molecule has 0 aliphatic rings. The van der Waals surface area contributed by atoms with E-state index in [1.54, 1.807) is 12.1 Å². The number of hydroxylamine groups is 1. The molecular weight excluding hydrogens is 340 g/mol. The van der Waals surface area contributed by atoms with E-state index in [0.717, 1.165) is 29.1 Å². The van der Waals surface area contributed by atoms with Gasteiger partial charge in [0, 0.05) is 12.6 Å². The van der Waals surface area contributed by atoms with Gasteiger partial charge in [-0.1, -0.05) is 25.5 Å². The van der Waals surface area contributed by atoms with Crippen molar-refractivity contribution in [2.45, 2.75) is 31.1 Å². The second-order valence-electron chi connectivity index (χ2n) is 5.71. The topological polar surface area (TPSA) is 86.7 Å². The van der Waals surface area contributed by atoms with E-state index >= 15 is 0 Å². The summed E-state index contributed by atoms with van der Waals surface area (Å²) in [6.07, 6.45) is 3.09. The normalized spacial score (nSPS) is 11.2. The average molecular weight is 362 g/mol. The monoisotopic (exact) mass is 362 g/mol. The van der Waals surface area contributed by atoms with Crippen LogP contribution in [0.4, 0.5) is 5.69 Å². The van der Waals surface area contributed by atoms with E-state index in [1.165, 1.54) is 36.8 Å². The molecule has 0 saturated heterocycles. The smallest absolute Gasteiger partial charge is 0.274 e. The molecule has 7 heteroatoms. The highest BCUT2D eigenvalue weighted by Crippen LogP contribution is 2.23. The zero-order chi connectivity index (χ0) is 18.4. The molecule has 0 aromatic heterocycles. The van der Waals surface area contributed by atoms with E-state index in [2.05, 4.69) is 6.92 Å². The lowest BCUT2D eigenvalue weighted by atomic mass is 10.1. The number of carbonyl (C=O) groups excluding carboxylic acids is 1. The number of nitrogens with zero attached hydrogens (tertiary/aromatic N) is 1. The fourth-order valence-corrected chi connectivity index (χ4v) is 3.59. The van der Waals surface area contributed by atoms with Gasteiger partial charge in [0.05, 0.1) is 10.6 Å². The SMILES string of the molecule is CCCCc1ccc(S(=O)(=O)N(C)c2ccc(C(=O)NO)cc2)cc1. The Balaban J connectivity index is 2.21. The van der Waals surface area contributed by atoms with Crippen LogP contribution in [-0.4, -0.2) is 26.6 Å². The fourth-order valence-electron chi connectivity index (χ4n) is 2.39. The van der Waals surface area contributed by atoms with E-state index < -0.39 is 15.9 Å². The van der Waals surface area contributed by atoms with Gasteiger partial charge in [0.15, 0.2) is 0 Å². The molecule has 0 atom stereocenters. The van der Waals surface area contributed by atoms with Crippen molar-refractivity contribution in [3.05, 3.63) is 59.7 Å². The van der Waals surface area contributed by atoms with Gasteiger partial charge in [-0.2, -0.15) is 0 Å². The van der Waals surface area contributed by atoms with Crippen molar-refractivity contribution in [2.24, 2.45) is 0 Å². The summed E-state index contributed by atoms with van der Waals surface area (Å²) in [5.41, 5.74) is 3.30. The molecule has 2 N–H and O–H groups in total. The maximum atomic E-state index is 12.7. The summed E-state index contributed by atoms with van der Waals surface area (Å²) in [7, 11) is -2.22. The minimum Gasteiger partial charge on any atom is -0.288 e. The quantitative estimate of drug-likeness (QED) is 0.586. The van der Waals surface area contributed by atoms with Gasteiger partial charge < -0.3 is 0 Å². The van der Waals surface area contributed by atoms with Gasteiger partial charge in [-0.3, -0.25) is 14.3 Å². The number of sulfonamides is 1. The number of rotatable bonds is 7. The second kappa shape index (κ2) is 8.13. The predicted octanol–water partition coefficient (Wildman–Crippen LogP) is 2.97. The molecule has 0 radical (unpaired) electrons. The van der Waals surface area contributed by atoms with Gasteiger partial charge in [-0.05, 0) is 54.8 Å². The van der Waals surface area contributed by atoms with Crippen LogP contribution in [0.1, 0.15) is 35.7 Å². The lowest BCUT2D eigenvalue weighted by Gasteiger charge is -2.20. The first-order chi connectivity index (χ1) is 11.9. The first-order valence-corrected chi connectivity index (χ1v) is 9.46. The van der Waals surface area contributed by atoms with Crippen molar-refractivity contribution in [1.29, 1.82) is 0 Å². The Bertz CT molecular complexity index is 815. The maximum absolute atomic E-state index is 12.7. The third-order valence-electron chi connectivity index (χ3n) is 4.00. The zero-order valence-corrected chi connectivity index (χ0v) is 15.1. The van der Waals surface area contributed by atoms with Crippen LogP contribution < -0.4 is 9.79 Å². The molecule has 0 bridgehead atoms. The molecule has 0 saturated carbocycles. The van der Waals surface area contributed by atoms with Gasteiger partial charge in [-0.25, -0.2) is 13.9 Å². The summed E-state index contributed by atoms with van der Waals surface area (Å²) >= 11 is 0. The van der Waals surface area contributed by atoms with Gasteiger partial charge in [0.2, 0.25) is 0 Å². The summed E-state index contributed by atoms with van der Waals surface area (Å²) in [4.78, 5) is 11.5. The van der Waals surface area contributed by atoms with Crippen LogP contribution in [0.15, 0.2) is 53.4 Å². The molecule has 134 valence electrons. The van der Waals surface area contributed by atoms with Crippen LogP contribution in [-0.2, 0) is 16.4 Å². The number of carbonyl (C=O) groups is 1. The number of hydrogen-bond donors (Lipinski definition) is 2. The third kappa shape index (κ3) is 4.37. The Labute approximate surface area is 148 Å². The summed E-state index contributed by atoms with van der Waals surface area (Å²) < 4.78 is 26.6. The maximum Gasteiger partial charge on any atom is 0.274 e. The number of amides is 1. The molecule has 2 rings (SSSR count). The van der Waals surface area contributed by atoms with E-state index in [9.17, 15) is 13.2 Å². The van der Waals surface area contributed by atoms with Crippen molar-refractivity contribution in [3.8, 4) is 0 Å². The van der Waals surface area contributed by atoms with E-state index in [0.29, 0.717) is 5.69 Å².